The predicted octanol–water partition coefficient (Wildman–Crippen LogP) is 1.99. The first-order valence-electron chi connectivity index (χ1n) is 5.71. The van der Waals surface area contributed by atoms with E-state index in [1.165, 1.54) is 0 Å². The third-order valence-electron chi connectivity index (χ3n) is 3.38. The van der Waals surface area contributed by atoms with Gasteiger partial charge in [0.1, 0.15) is 0 Å². The number of rotatable bonds is 2. The lowest BCUT2D eigenvalue weighted by Crippen LogP contribution is -2.59. The van der Waals surface area contributed by atoms with Gasteiger partial charge in [0.05, 0.1) is 0 Å². The van der Waals surface area contributed by atoms with E-state index in [4.69, 9.17) is 0 Å². The van der Waals surface area contributed by atoms with Gasteiger partial charge < -0.3 is 9.80 Å². The summed E-state index contributed by atoms with van der Waals surface area (Å²) in [5.41, 5.74) is 1.93. The summed E-state index contributed by atoms with van der Waals surface area (Å²) in [7, 11) is 4.12. The van der Waals surface area contributed by atoms with Crippen molar-refractivity contribution < 1.29 is 4.79 Å². The summed E-state index contributed by atoms with van der Waals surface area (Å²) in [6.07, 6.45) is 0. The molecule has 2 rings (SSSR count). The summed E-state index contributed by atoms with van der Waals surface area (Å²) in [6.45, 7) is 3.70. The van der Waals surface area contributed by atoms with Crippen LogP contribution in [0.1, 0.15) is 15.9 Å². The summed E-state index contributed by atoms with van der Waals surface area (Å²) < 4.78 is 1.15. The Balaban J connectivity index is 2.09. The normalized spacial score (nSPS) is 16.2. The second kappa shape index (κ2) is 4.94. The Kier molecular flexibility index (Phi) is 3.73. The number of likely N-dealkylation sites (tertiary alicyclic amines) is 1. The lowest BCUT2D eigenvalue weighted by molar-refractivity contribution is 0.0398. The summed E-state index contributed by atoms with van der Waals surface area (Å²) in [5, 5.41) is 0. The SMILES string of the molecule is Cc1c(I)cccc1C(=O)N1CC(N(C)C)C1. The average molecular weight is 344 g/mol. The summed E-state index contributed by atoms with van der Waals surface area (Å²) in [5.74, 6) is 0.166. The maximum atomic E-state index is 12.3. The summed E-state index contributed by atoms with van der Waals surface area (Å²) >= 11 is 2.27. The van der Waals surface area contributed by atoms with E-state index in [1.54, 1.807) is 0 Å². The molecule has 1 saturated heterocycles. The van der Waals surface area contributed by atoms with Crippen LogP contribution in [-0.4, -0.2) is 48.9 Å². The van der Waals surface area contributed by atoms with E-state index >= 15 is 0 Å². The number of benzene rings is 1. The third-order valence-corrected chi connectivity index (χ3v) is 4.55. The highest BCUT2D eigenvalue weighted by Gasteiger charge is 2.32. The van der Waals surface area contributed by atoms with Crippen LogP contribution < -0.4 is 0 Å². The maximum Gasteiger partial charge on any atom is 0.254 e. The molecular formula is C13H17IN2O. The smallest absolute Gasteiger partial charge is 0.254 e. The minimum absolute atomic E-state index is 0.166. The Hall–Kier alpha value is -0.620. The molecule has 92 valence electrons. The van der Waals surface area contributed by atoms with Gasteiger partial charge in [-0.25, -0.2) is 0 Å². The molecule has 0 N–H and O–H groups in total. The Morgan fingerprint density at radius 1 is 1.41 bits per heavy atom. The van der Waals surface area contributed by atoms with Gasteiger partial charge in [0.25, 0.3) is 5.91 Å². The van der Waals surface area contributed by atoms with Crippen molar-refractivity contribution in [3.63, 3.8) is 0 Å². The van der Waals surface area contributed by atoms with Gasteiger partial charge in [-0.15, -0.1) is 0 Å². The topological polar surface area (TPSA) is 23.6 Å². The molecule has 0 saturated carbocycles. The third kappa shape index (κ3) is 2.47. The van der Waals surface area contributed by atoms with Crippen LogP contribution in [0.25, 0.3) is 0 Å². The first kappa shape index (κ1) is 12.8. The molecule has 17 heavy (non-hydrogen) atoms. The molecule has 3 nitrogen and oxygen atoms in total. The van der Waals surface area contributed by atoms with Crippen LogP contribution in [0, 0.1) is 10.5 Å². The molecular weight excluding hydrogens is 327 g/mol. The van der Waals surface area contributed by atoms with Crippen molar-refractivity contribution in [1.29, 1.82) is 0 Å². The van der Waals surface area contributed by atoms with Crippen molar-refractivity contribution in [1.82, 2.24) is 9.80 Å². The zero-order valence-electron chi connectivity index (χ0n) is 10.4. The van der Waals surface area contributed by atoms with Crippen LogP contribution in [0.5, 0.6) is 0 Å². The highest BCUT2D eigenvalue weighted by molar-refractivity contribution is 14.1. The Bertz CT molecular complexity index is 439. The van der Waals surface area contributed by atoms with Crippen molar-refractivity contribution in [2.45, 2.75) is 13.0 Å². The van der Waals surface area contributed by atoms with E-state index in [1.807, 2.05) is 30.0 Å². The number of hydrogen-bond donors (Lipinski definition) is 0. The molecule has 0 aliphatic carbocycles. The van der Waals surface area contributed by atoms with E-state index in [2.05, 4.69) is 41.6 Å². The minimum atomic E-state index is 0.166. The molecule has 0 spiro atoms. The number of likely N-dealkylation sites (N-methyl/N-ethyl adjacent to an activating group) is 1. The van der Waals surface area contributed by atoms with Gasteiger partial charge in [0.15, 0.2) is 0 Å². The van der Waals surface area contributed by atoms with Crippen molar-refractivity contribution in [2.24, 2.45) is 0 Å². The Labute approximate surface area is 116 Å². The standard InChI is InChI=1S/C13H17IN2O/c1-9-11(5-4-6-12(9)14)13(17)16-7-10(8-16)15(2)3/h4-6,10H,7-8H2,1-3H3. The quantitative estimate of drug-likeness (QED) is 0.766. The van der Waals surface area contributed by atoms with E-state index in [-0.39, 0.29) is 5.91 Å². The first-order valence-corrected chi connectivity index (χ1v) is 6.79. The summed E-state index contributed by atoms with van der Waals surface area (Å²) in [6, 6.07) is 6.42. The maximum absolute atomic E-state index is 12.3. The molecule has 1 aromatic rings. The van der Waals surface area contributed by atoms with Crippen LogP contribution in [0.3, 0.4) is 0 Å². The van der Waals surface area contributed by atoms with Gasteiger partial charge in [-0.1, -0.05) is 6.07 Å². The molecule has 1 aliphatic rings. The highest BCUT2D eigenvalue weighted by Crippen LogP contribution is 2.21. The molecule has 1 aromatic carbocycles. The van der Waals surface area contributed by atoms with Gasteiger partial charge in [0.2, 0.25) is 0 Å². The van der Waals surface area contributed by atoms with Crippen molar-refractivity contribution >= 4 is 28.5 Å². The molecule has 0 atom stereocenters. The second-order valence-electron chi connectivity index (χ2n) is 4.74. The van der Waals surface area contributed by atoms with Crippen molar-refractivity contribution in [3.8, 4) is 0 Å². The number of hydrogen-bond acceptors (Lipinski definition) is 2. The number of nitrogens with zero attached hydrogens (tertiary/aromatic N) is 2. The van der Waals surface area contributed by atoms with E-state index in [9.17, 15) is 4.79 Å². The van der Waals surface area contributed by atoms with Crippen LogP contribution in [-0.2, 0) is 0 Å². The fraction of sp³-hybridized carbons (Fsp3) is 0.462. The first-order chi connectivity index (χ1) is 8.00. The van der Waals surface area contributed by atoms with Crippen LogP contribution >= 0.6 is 22.6 Å². The fourth-order valence-corrected chi connectivity index (χ4v) is 2.46. The largest absolute Gasteiger partial charge is 0.335 e. The lowest BCUT2D eigenvalue weighted by Gasteiger charge is -2.43. The number of amides is 1. The lowest BCUT2D eigenvalue weighted by atomic mass is 10.0. The molecule has 1 amide bonds. The molecule has 0 unspecified atom stereocenters. The van der Waals surface area contributed by atoms with Gasteiger partial charge in [0, 0.05) is 28.3 Å². The van der Waals surface area contributed by atoms with Crippen LogP contribution in [0.4, 0.5) is 0 Å². The molecule has 1 aliphatic heterocycles. The number of carbonyl (C=O) groups is 1. The summed E-state index contributed by atoms with van der Waals surface area (Å²) in [4.78, 5) is 16.4. The van der Waals surface area contributed by atoms with Gasteiger partial charge >= 0.3 is 0 Å². The zero-order chi connectivity index (χ0) is 12.6. The Morgan fingerprint density at radius 3 is 2.65 bits per heavy atom. The molecule has 0 aromatic heterocycles. The number of carbonyl (C=O) groups excluding carboxylic acids is 1. The predicted molar refractivity (Wildman–Crippen MR) is 77.3 cm³/mol. The zero-order valence-corrected chi connectivity index (χ0v) is 12.6. The second-order valence-corrected chi connectivity index (χ2v) is 5.90. The van der Waals surface area contributed by atoms with Gasteiger partial charge in [-0.2, -0.15) is 0 Å². The van der Waals surface area contributed by atoms with Crippen molar-refractivity contribution in [2.75, 3.05) is 27.2 Å². The minimum Gasteiger partial charge on any atom is -0.335 e. The molecule has 1 heterocycles. The monoisotopic (exact) mass is 344 g/mol. The molecule has 0 radical (unpaired) electrons. The molecule has 0 bridgehead atoms. The van der Waals surface area contributed by atoms with Crippen LogP contribution in [0.2, 0.25) is 0 Å². The highest BCUT2D eigenvalue weighted by atomic mass is 127. The van der Waals surface area contributed by atoms with E-state index in [0.717, 1.165) is 27.8 Å². The molecule has 1 fully saturated rings. The van der Waals surface area contributed by atoms with E-state index < -0.39 is 0 Å². The van der Waals surface area contributed by atoms with Gasteiger partial charge in [-0.05, 0) is 61.3 Å². The van der Waals surface area contributed by atoms with Crippen molar-refractivity contribution in [3.05, 3.63) is 32.9 Å². The van der Waals surface area contributed by atoms with E-state index in [0.29, 0.717) is 6.04 Å². The molecule has 4 heteroatoms. The van der Waals surface area contributed by atoms with Crippen LogP contribution in [0.15, 0.2) is 18.2 Å². The average Bonchev–Trinajstić information content (AvgIpc) is 2.19. The fourth-order valence-electron chi connectivity index (χ4n) is 1.96. The van der Waals surface area contributed by atoms with Gasteiger partial charge in [-0.3, -0.25) is 4.79 Å². The number of halogens is 1. The Morgan fingerprint density at radius 2 is 2.06 bits per heavy atom.